The van der Waals surface area contributed by atoms with Gasteiger partial charge in [0.2, 0.25) is 5.41 Å². The Morgan fingerprint density at radius 3 is 2.13 bits per heavy atom. The lowest BCUT2D eigenvalue weighted by molar-refractivity contribution is -0.148. The zero-order chi connectivity index (χ0) is 11.5. The first-order chi connectivity index (χ1) is 7.00. The molecule has 0 aliphatic carbocycles. The third-order valence-corrected chi connectivity index (χ3v) is 5.55. The van der Waals surface area contributed by atoms with E-state index in [1.54, 1.807) is 0 Å². The van der Waals surface area contributed by atoms with Gasteiger partial charge >= 0.3 is 5.97 Å². The Hall–Kier alpha value is -1.42. The Kier molecular flexibility index (Phi) is 3.42. The summed E-state index contributed by atoms with van der Waals surface area (Å²) in [6.45, 7) is 3.70. The molecule has 0 aromatic heterocycles. The summed E-state index contributed by atoms with van der Waals surface area (Å²) in [5, 5.41) is 0.552. The Morgan fingerprint density at radius 2 is 1.67 bits per heavy atom. The molecule has 15 heavy (non-hydrogen) atoms. The molecule has 3 nitrogen and oxygen atoms in total. The van der Waals surface area contributed by atoms with Crippen molar-refractivity contribution in [3.8, 4) is 0 Å². The summed E-state index contributed by atoms with van der Waals surface area (Å²) in [5.74, 6) is -0.740. The average molecular weight is 222 g/mol. The molecule has 0 saturated heterocycles. The Labute approximate surface area is 90.1 Å². The number of ether oxygens (including phenoxy) is 1. The minimum absolute atomic E-state index is 0.392. The largest absolute Gasteiger partial charge is 0.464 e. The van der Waals surface area contributed by atoms with Crippen molar-refractivity contribution in [2.75, 3.05) is 7.11 Å². The van der Waals surface area contributed by atoms with Crippen molar-refractivity contribution < 1.29 is 14.3 Å². The van der Waals surface area contributed by atoms with Gasteiger partial charge in [0.1, 0.15) is 0 Å². The molecule has 0 fully saturated rings. The van der Waals surface area contributed by atoms with Gasteiger partial charge in [-0.05, 0) is 0 Å². The monoisotopic (exact) mass is 222 g/mol. The molecule has 0 bridgehead atoms. The van der Waals surface area contributed by atoms with Crippen LogP contribution in [0.15, 0.2) is 30.3 Å². The molecule has 0 radical (unpaired) electrons. The lowest BCUT2D eigenvalue weighted by atomic mass is 10.4. The highest BCUT2D eigenvalue weighted by atomic mass is 28.3. The molecule has 0 unspecified atom stereocenters. The number of methoxy groups -OCH3 is 1. The molecule has 0 amide bonds. The molecule has 0 spiro atoms. The zero-order valence-electron chi connectivity index (χ0n) is 9.11. The van der Waals surface area contributed by atoms with Gasteiger partial charge in [-0.1, -0.05) is 48.6 Å². The number of carbonyl (C=O) groups excluding carboxylic acids is 2. The highest BCUT2D eigenvalue weighted by Gasteiger charge is 2.37. The van der Waals surface area contributed by atoms with E-state index in [0.717, 1.165) is 5.19 Å². The second kappa shape index (κ2) is 4.40. The van der Waals surface area contributed by atoms with Crippen LogP contribution in [0.5, 0.6) is 0 Å². The van der Waals surface area contributed by atoms with Crippen molar-refractivity contribution >= 4 is 24.6 Å². The molecule has 0 N–H and O–H groups in total. The van der Waals surface area contributed by atoms with Crippen LogP contribution in [0.1, 0.15) is 0 Å². The van der Waals surface area contributed by atoms with Gasteiger partial charge in [0.05, 0.1) is 7.11 Å². The fraction of sp³-hybridized carbons (Fsp3) is 0.273. The second-order valence-electron chi connectivity index (χ2n) is 3.81. The van der Waals surface area contributed by atoms with Crippen molar-refractivity contribution in [2.45, 2.75) is 13.1 Å². The third-order valence-electron chi connectivity index (χ3n) is 2.43. The van der Waals surface area contributed by atoms with Gasteiger partial charge in [-0.3, -0.25) is 4.79 Å². The maximum Gasteiger partial charge on any atom is 0.369 e. The molecule has 80 valence electrons. The molecule has 0 aliphatic heterocycles. The number of hydrogen-bond acceptors (Lipinski definition) is 3. The summed E-state index contributed by atoms with van der Waals surface area (Å²) >= 11 is 0. The summed E-state index contributed by atoms with van der Waals surface area (Å²) in [7, 11) is -1.15. The van der Waals surface area contributed by atoms with Crippen LogP contribution in [-0.2, 0) is 14.3 Å². The van der Waals surface area contributed by atoms with Crippen molar-refractivity contribution in [3.63, 3.8) is 0 Å². The van der Waals surface area contributed by atoms with E-state index in [-0.39, 0.29) is 0 Å². The predicted molar refractivity (Wildman–Crippen MR) is 60.6 cm³/mol. The van der Waals surface area contributed by atoms with Crippen molar-refractivity contribution in [1.82, 2.24) is 0 Å². The average Bonchev–Trinajstić information content (AvgIpc) is 2.28. The fourth-order valence-corrected chi connectivity index (χ4v) is 3.23. The smallest absolute Gasteiger partial charge is 0.369 e. The molecule has 1 rings (SSSR count). The predicted octanol–water partition coefficient (Wildman–Crippen LogP) is 0.883. The first-order valence-electron chi connectivity index (χ1n) is 4.68. The maximum absolute atomic E-state index is 11.8. The van der Waals surface area contributed by atoms with E-state index in [4.69, 9.17) is 0 Å². The van der Waals surface area contributed by atoms with Crippen LogP contribution >= 0.6 is 0 Å². The quantitative estimate of drug-likeness (QED) is 0.433. The van der Waals surface area contributed by atoms with Gasteiger partial charge in [-0.25, -0.2) is 4.79 Å². The lowest BCUT2D eigenvalue weighted by Gasteiger charge is -2.19. The SMILES string of the molecule is COC(=O)C(=O)[Si](C)(C)c1ccccc1. The summed E-state index contributed by atoms with van der Waals surface area (Å²) < 4.78 is 4.47. The molecule has 0 saturated carbocycles. The molecular formula is C11H14O3Si. The molecule has 0 atom stereocenters. The van der Waals surface area contributed by atoms with Gasteiger partial charge in [0.25, 0.3) is 0 Å². The Morgan fingerprint density at radius 1 is 1.13 bits per heavy atom. The van der Waals surface area contributed by atoms with E-state index >= 15 is 0 Å². The van der Waals surface area contributed by atoms with Crippen LogP contribution in [0.2, 0.25) is 13.1 Å². The fourth-order valence-electron chi connectivity index (χ4n) is 1.33. The minimum Gasteiger partial charge on any atom is -0.464 e. The number of esters is 1. The van der Waals surface area contributed by atoms with Crippen molar-refractivity contribution in [2.24, 2.45) is 0 Å². The van der Waals surface area contributed by atoms with Gasteiger partial charge in [0, 0.05) is 0 Å². The van der Waals surface area contributed by atoms with Gasteiger partial charge < -0.3 is 4.74 Å². The van der Waals surface area contributed by atoms with Crippen molar-refractivity contribution in [1.29, 1.82) is 0 Å². The minimum atomic E-state index is -2.38. The van der Waals surface area contributed by atoms with E-state index in [2.05, 4.69) is 4.74 Å². The molecule has 0 aliphatic rings. The van der Waals surface area contributed by atoms with E-state index < -0.39 is 19.4 Å². The highest BCUT2D eigenvalue weighted by molar-refractivity contribution is 7.19. The second-order valence-corrected chi connectivity index (χ2v) is 8.09. The molecule has 1 aromatic rings. The van der Waals surface area contributed by atoms with Crippen LogP contribution in [0.4, 0.5) is 0 Å². The van der Waals surface area contributed by atoms with Crippen LogP contribution in [0, 0.1) is 0 Å². The lowest BCUT2D eigenvalue weighted by Crippen LogP contribution is -2.53. The van der Waals surface area contributed by atoms with Crippen LogP contribution in [0.3, 0.4) is 0 Å². The van der Waals surface area contributed by atoms with Crippen molar-refractivity contribution in [3.05, 3.63) is 30.3 Å². The number of rotatable bonds is 3. The molecular weight excluding hydrogens is 208 g/mol. The van der Waals surface area contributed by atoms with E-state index in [1.165, 1.54) is 7.11 Å². The van der Waals surface area contributed by atoms with E-state index in [1.807, 2.05) is 43.4 Å². The normalized spacial score (nSPS) is 10.9. The Bertz CT molecular complexity index is 371. The topological polar surface area (TPSA) is 43.4 Å². The summed E-state index contributed by atoms with van der Waals surface area (Å²) in [6, 6.07) is 9.39. The van der Waals surface area contributed by atoms with Gasteiger partial charge in [-0.15, -0.1) is 0 Å². The Balaban J connectivity index is 3.03. The first-order valence-corrected chi connectivity index (χ1v) is 7.68. The zero-order valence-corrected chi connectivity index (χ0v) is 10.1. The third kappa shape index (κ3) is 2.33. The number of benzene rings is 1. The van der Waals surface area contributed by atoms with E-state index in [0.29, 0.717) is 0 Å². The standard InChI is InChI=1S/C11H14O3Si/c1-14-10(12)11(13)15(2,3)9-7-5-4-6-8-9/h4-8H,1-3H3. The number of hydrogen-bond donors (Lipinski definition) is 0. The van der Waals surface area contributed by atoms with Crippen LogP contribution < -0.4 is 5.19 Å². The summed E-state index contributed by atoms with van der Waals surface area (Å²) in [5.41, 5.74) is 0. The summed E-state index contributed by atoms with van der Waals surface area (Å²) in [4.78, 5) is 23.0. The van der Waals surface area contributed by atoms with E-state index in [9.17, 15) is 9.59 Å². The molecule has 1 aromatic carbocycles. The van der Waals surface area contributed by atoms with Gasteiger partial charge in [0.15, 0.2) is 8.07 Å². The highest BCUT2D eigenvalue weighted by Crippen LogP contribution is 2.05. The van der Waals surface area contributed by atoms with Crippen LogP contribution in [0.25, 0.3) is 0 Å². The number of carbonyl (C=O) groups is 2. The first kappa shape index (κ1) is 11.7. The van der Waals surface area contributed by atoms with Gasteiger partial charge in [-0.2, -0.15) is 0 Å². The molecule has 0 heterocycles. The molecule has 4 heteroatoms. The van der Waals surface area contributed by atoms with Crippen LogP contribution in [-0.4, -0.2) is 26.6 Å². The maximum atomic E-state index is 11.8. The summed E-state index contributed by atoms with van der Waals surface area (Å²) in [6.07, 6.45) is 0.